The topological polar surface area (TPSA) is 14.1 Å². The molecule has 0 unspecified atom stereocenters. The van der Waals surface area contributed by atoms with E-state index in [0.29, 0.717) is 0 Å². The van der Waals surface area contributed by atoms with Gasteiger partial charge in [-0.15, -0.1) is 0 Å². The fourth-order valence-corrected chi connectivity index (χ4v) is 0.868. The Morgan fingerprint density at radius 3 is 2.64 bits per heavy atom. The van der Waals surface area contributed by atoms with Crippen LogP contribution in [0.25, 0.3) is 0 Å². The van der Waals surface area contributed by atoms with E-state index in [4.69, 9.17) is 0 Å². The van der Waals surface area contributed by atoms with Crippen molar-refractivity contribution in [2.75, 3.05) is 6.54 Å². The van der Waals surface area contributed by atoms with E-state index in [-0.39, 0.29) is 0 Å². The van der Waals surface area contributed by atoms with Crippen molar-refractivity contribution in [2.24, 2.45) is 0 Å². The normalized spacial score (nSPS) is 9.45. The van der Waals surface area contributed by atoms with Gasteiger partial charge in [0.05, 0.1) is 5.32 Å². The summed E-state index contributed by atoms with van der Waals surface area (Å²) in [6.07, 6.45) is 1.81. The van der Waals surface area contributed by atoms with E-state index in [2.05, 4.69) is 24.0 Å². The molecule has 0 fully saturated rings. The highest BCUT2D eigenvalue weighted by atomic mass is 14.8. The summed E-state index contributed by atoms with van der Waals surface area (Å²) in [6.45, 7) is 5.14. The molecule has 2 radical (unpaired) electrons. The smallest absolute Gasteiger partial charge is 0.0971 e. The van der Waals surface area contributed by atoms with Crippen LogP contribution in [-0.2, 0) is 6.54 Å². The third kappa shape index (κ3) is 3.01. The number of nitrogens with zero attached hydrogens (tertiary/aromatic N) is 1. The average Bonchev–Trinajstić information content (AvgIpc) is 2.07. The Balaban J connectivity index is 2.33. The quantitative estimate of drug-likeness (QED) is 0.455. The molecule has 11 heavy (non-hydrogen) atoms. The van der Waals surface area contributed by atoms with Gasteiger partial charge in [-0.25, -0.2) is 0 Å². The van der Waals surface area contributed by atoms with Gasteiger partial charge in [-0.1, -0.05) is 36.9 Å². The summed E-state index contributed by atoms with van der Waals surface area (Å²) in [5, 5.41) is 4.24. The Kier molecular flexibility index (Phi) is 3.42. The summed E-state index contributed by atoms with van der Waals surface area (Å²) in [7, 11) is 0. The van der Waals surface area contributed by atoms with Crippen molar-refractivity contribution in [3.63, 3.8) is 0 Å². The highest BCUT2D eigenvalue weighted by Crippen LogP contribution is 1.97. The van der Waals surface area contributed by atoms with Gasteiger partial charge < -0.3 is 0 Å². The summed E-state index contributed by atoms with van der Waals surface area (Å²) in [5.74, 6) is 0. The Morgan fingerprint density at radius 1 is 1.27 bits per heavy atom. The molecule has 0 aliphatic rings. The molecule has 0 saturated carbocycles. The van der Waals surface area contributed by atoms with Crippen LogP contribution in [0.3, 0.4) is 0 Å². The maximum atomic E-state index is 4.24. The van der Waals surface area contributed by atoms with Crippen LogP contribution in [0.4, 0.5) is 0 Å². The highest BCUT2D eigenvalue weighted by molar-refractivity contribution is 5.14. The first kappa shape index (κ1) is 8.02. The van der Waals surface area contributed by atoms with Crippen molar-refractivity contribution in [3.8, 4) is 0 Å². The van der Waals surface area contributed by atoms with Gasteiger partial charge in [0.2, 0.25) is 13.1 Å². The molecule has 1 nitrogen and oxygen atoms in total. The second-order valence-electron chi connectivity index (χ2n) is 2.34. The van der Waals surface area contributed by atoms with E-state index in [9.17, 15) is 0 Å². The Morgan fingerprint density at radius 2 is 2.00 bits per heavy atom. The van der Waals surface area contributed by atoms with Crippen LogP contribution in [0.15, 0.2) is 43.0 Å². The van der Waals surface area contributed by atoms with Crippen LogP contribution >= 0.6 is 0 Å². The Labute approximate surface area is 67.8 Å². The third-order valence-electron chi connectivity index (χ3n) is 1.40. The zero-order valence-corrected chi connectivity index (χ0v) is 6.53. The standard InChI is InChI=1S/C10H12N/c1-2-8-11-9-10-6-4-3-5-7-10/h2-7H,1,8-9H2/q+1. The summed E-state index contributed by atoms with van der Waals surface area (Å²) < 4.78 is 0. The Bertz CT molecular complexity index is 203. The first-order valence-electron chi connectivity index (χ1n) is 3.71. The molecule has 0 N–H and O–H groups in total. The molecule has 1 aromatic carbocycles. The van der Waals surface area contributed by atoms with E-state index in [1.54, 1.807) is 0 Å². The summed E-state index contributed by atoms with van der Waals surface area (Å²) in [4.78, 5) is 0. The molecule has 1 heteroatoms. The monoisotopic (exact) mass is 146 g/mol. The summed E-state index contributed by atoms with van der Waals surface area (Å²) in [5.41, 5.74) is 1.26. The average molecular weight is 146 g/mol. The first-order chi connectivity index (χ1) is 5.43. The van der Waals surface area contributed by atoms with Crippen LogP contribution in [-0.4, -0.2) is 6.54 Å². The molecule has 56 valence electrons. The zero-order chi connectivity index (χ0) is 7.94. The predicted octanol–water partition coefficient (Wildman–Crippen LogP) is 1.98. The van der Waals surface area contributed by atoms with Gasteiger partial charge in [0.1, 0.15) is 0 Å². The molecule has 0 aliphatic heterocycles. The summed E-state index contributed by atoms with van der Waals surface area (Å²) >= 11 is 0. The van der Waals surface area contributed by atoms with Gasteiger partial charge in [-0.2, -0.15) is 0 Å². The molecule has 0 atom stereocenters. The molecular formula is C10H12N+. The first-order valence-corrected chi connectivity index (χ1v) is 3.71. The predicted molar refractivity (Wildman–Crippen MR) is 47.3 cm³/mol. The third-order valence-corrected chi connectivity index (χ3v) is 1.40. The minimum atomic E-state index is 0.745. The maximum absolute atomic E-state index is 4.24. The lowest BCUT2D eigenvalue weighted by Crippen LogP contribution is -2.03. The largest absolute Gasteiger partial charge is 0.209 e. The van der Waals surface area contributed by atoms with Gasteiger partial charge in [0.25, 0.3) is 0 Å². The molecule has 0 bridgehead atoms. The second kappa shape index (κ2) is 4.69. The van der Waals surface area contributed by atoms with Crippen LogP contribution in [0.5, 0.6) is 0 Å². The van der Waals surface area contributed by atoms with Gasteiger partial charge >= 0.3 is 0 Å². The summed E-state index contributed by atoms with van der Waals surface area (Å²) in [6, 6.07) is 10.2. The Hall–Kier alpha value is -1.08. The fourth-order valence-electron chi connectivity index (χ4n) is 0.868. The lowest BCUT2D eigenvalue weighted by atomic mass is 10.2. The maximum Gasteiger partial charge on any atom is 0.209 e. The van der Waals surface area contributed by atoms with E-state index in [1.165, 1.54) is 5.56 Å². The lowest BCUT2D eigenvalue weighted by molar-refractivity contribution is 0.743. The number of benzene rings is 1. The van der Waals surface area contributed by atoms with Crippen molar-refractivity contribution >= 4 is 0 Å². The van der Waals surface area contributed by atoms with Crippen molar-refractivity contribution in [1.29, 1.82) is 0 Å². The van der Waals surface area contributed by atoms with E-state index < -0.39 is 0 Å². The van der Waals surface area contributed by atoms with E-state index in [0.717, 1.165) is 13.1 Å². The molecule has 1 aromatic rings. The van der Waals surface area contributed by atoms with Crippen LogP contribution < -0.4 is 5.32 Å². The minimum Gasteiger partial charge on any atom is -0.0971 e. The SMILES string of the molecule is C=CC[N+]Cc1ccccc1. The van der Waals surface area contributed by atoms with Crippen LogP contribution in [0.1, 0.15) is 5.56 Å². The van der Waals surface area contributed by atoms with E-state index >= 15 is 0 Å². The number of hydrogen-bond acceptors (Lipinski definition) is 0. The van der Waals surface area contributed by atoms with Crippen LogP contribution in [0.2, 0.25) is 0 Å². The molecule has 1 rings (SSSR count). The second-order valence-corrected chi connectivity index (χ2v) is 2.34. The fraction of sp³-hybridized carbons (Fsp3) is 0.200. The zero-order valence-electron chi connectivity index (χ0n) is 6.53. The highest BCUT2D eigenvalue weighted by Gasteiger charge is 2.00. The lowest BCUT2D eigenvalue weighted by Gasteiger charge is -1.87. The van der Waals surface area contributed by atoms with Crippen molar-refractivity contribution < 1.29 is 0 Å². The van der Waals surface area contributed by atoms with E-state index in [1.807, 2.05) is 24.3 Å². The van der Waals surface area contributed by atoms with Gasteiger partial charge in [0.15, 0.2) is 0 Å². The molecule has 0 heterocycles. The molecular weight excluding hydrogens is 134 g/mol. The van der Waals surface area contributed by atoms with Gasteiger partial charge in [-0.05, 0) is 6.08 Å². The molecule has 0 aliphatic carbocycles. The molecule has 0 spiro atoms. The molecule has 0 amide bonds. The van der Waals surface area contributed by atoms with Crippen molar-refractivity contribution in [2.45, 2.75) is 6.54 Å². The van der Waals surface area contributed by atoms with Gasteiger partial charge in [0, 0.05) is 5.56 Å². The van der Waals surface area contributed by atoms with Gasteiger partial charge in [-0.3, -0.25) is 0 Å². The molecule has 0 saturated heterocycles. The number of hydrogen-bond donors (Lipinski definition) is 0. The van der Waals surface area contributed by atoms with Crippen molar-refractivity contribution in [1.82, 2.24) is 5.32 Å². The van der Waals surface area contributed by atoms with Crippen molar-refractivity contribution in [3.05, 3.63) is 48.6 Å². The molecule has 0 aromatic heterocycles. The number of rotatable bonds is 4. The van der Waals surface area contributed by atoms with Crippen LogP contribution in [0, 0.1) is 0 Å². The minimum absolute atomic E-state index is 0.745.